The molecule has 2 aromatic heterocycles. The summed E-state index contributed by atoms with van der Waals surface area (Å²) in [5.41, 5.74) is 0.524. The minimum Gasteiger partial charge on any atom is -0.496 e. The van der Waals surface area contributed by atoms with Crippen LogP contribution in [0, 0.1) is 5.82 Å². The van der Waals surface area contributed by atoms with Crippen LogP contribution in [0.5, 0.6) is 17.2 Å². The Labute approximate surface area is 300 Å². The molecule has 2 atom stereocenters. The van der Waals surface area contributed by atoms with E-state index in [1.165, 1.54) is 32.4 Å². The van der Waals surface area contributed by atoms with E-state index in [2.05, 4.69) is 25.6 Å². The second-order valence-corrected chi connectivity index (χ2v) is 12.8. The van der Waals surface area contributed by atoms with Gasteiger partial charge in [-0.15, -0.1) is 0 Å². The first-order chi connectivity index (χ1) is 25.5. The predicted molar refractivity (Wildman–Crippen MR) is 184 cm³/mol. The SMILES string of the molecule is CNC(=O)c1c(-c2ccc(Oc3cccc(F)c3)cc2)oc2c1=CC(c1ccc(OC)c(C(=O)NC3(c4ncccn4)CC3)c1)C(CCC(F)(F)F)N=2. The summed E-state index contributed by atoms with van der Waals surface area (Å²) in [7, 11) is 2.87. The first-order valence-corrected chi connectivity index (χ1v) is 16.8. The molecule has 3 heterocycles. The van der Waals surface area contributed by atoms with Crippen molar-refractivity contribution in [1.29, 1.82) is 0 Å². The number of carbonyl (C=O) groups is 2. The number of aromatic nitrogens is 2. The van der Waals surface area contributed by atoms with Gasteiger partial charge in [0.15, 0.2) is 5.82 Å². The molecule has 0 radical (unpaired) electrons. The van der Waals surface area contributed by atoms with E-state index in [0.717, 1.165) is 0 Å². The number of hydrogen-bond acceptors (Lipinski definition) is 8. The lowest BCUT2D eigenvalue weighted by Crippen LogP contribution is -2.38. The lowest BCUT2D eigenvalue weighted by Gasteiger charge is -2.25. The lowest BCUT2D eigenvalue weighted by atomic mass is 9.85. The summed E-state index contributed by atoms with van der Waals surface area (Å²) in [6, 6.07) is 17.7. The summed E-state index contributed by atoms with van der Waals surface area (Å²) in [5, 5.41) is 5.95. The smallest absolute Gasteiger partial charge is 0.389 e. The van der Waals surface area contributed by atoms with Crippen molar-refractivity contribution >= 4 is 17.9 Å². The molecule has 14 heteroatoms. The third kappa shape index (κ3) is 7.48. The van der Waals surface area contributed by atoms with Crippen molar-refractivity contribution in [2.75, 3.05) is 14.2 Å². The maximum atomic E-state index is 13.8. The maximum absolute atomic E-state index is 13.8. The molecule has 0 bridgehead atoms. The number of nitrogens with one attached hydrogen (secondary N) is 2. The van der Waals surface area contributed by atoms with Crippen LogP contribution in [-0.4, -0.2) is 48.2 Å². The molecule has 53 heavy (non-hydrogen) atoms. The van der Waals surface area contributed by atoms with E-state index in [4.69, 9.17) is 13.9 Å². The number of amides is 2. The highest BCUT2D eigenvalue weighted by atomic mass is 19.4. The van der Waals surface area contributed by atoms with Crippen molar-refractivity contribution in [3.8, 4) is 28.6 Å². The number of alkyl halides is 3. The van der Waals surface area contributed by atoms with Crippen molar-refractivity contribution in [2.45, 2.75) is 49.4 Å². The van der Waals surface area contributed by atoms with Crippen LogP contribution < -0.4 is 30.9 Å². The van der Waals surface area contributed by atoms with E-state index in [1.54, 1.807) is 73.1 Å². The molecule has 2 aliphatic rings. The summed E-state index contributed by atoms with van der Waals surface area (Å²) in [5.74, 6) is -0.637. The minimum absolute atomic E-state index is 0.00660. The van der Waals surface area contributed by atoms with Crippen LogP contribution in [0.2, 0.25) is 0 Å². The highest BCUT2D eigenvalue weighted by Gasteiger charge is 2.49. The normalized spacial score (nSPS) is 17.1. The van der Waals surface area contributed by atoms with E-state index in [-0.39, 0.29) is 40.4 Å². The van der Waals surface area contributed by atoms with E-state index in [0.29, 0.717) is 40.8 Å². The first kappa shape index (κ1) is 35.4. The van der Waals surface area contributed by atoms with Gasteiger partial charge < -0.3 is 24.5 Å². The zero-order valence-electron chi connectivity index (χ0n) is 28.5. The van der Waals surface area contributed by atoms with Gasteiger partial charge in [-0.05, 0) is 79.4 Å². The van der Waals surface area contributed by atoms with Crippen molar-refractivity contribution in [2.24, 2.45) is 4.99 Å². The number of carbonyl (C=O) groups excluding carboxylic acids is 2. The number of benzene rings is 3. The largest absolute Gasteiger partial charge is 0.496 e. The van der Waals surface area contributed by atoms with Gasteiger partial charge in [-0.25, -0.2) is 19.4 Å². The van der Waals surface area contributed by atoms with Crippen LogP contribution in [0.3, 0.4) is 0 Å². The Morgan fingerprint density at radius 1 is 0.962 bits per heavy atom. The third-order valence-electron chi connectivity index (χ3n) is 9.25. The Morgan fingerprint density at radius 2 is 1.72 bits per heavy atom. The number of methoxy groups -OCH3 is 1. The number of halogens is 4. The molecule has 0 saturated heterocycles. The average molecular weight is 728 g/mol. The van der Waals surface area contributed by atoms with E-state index in [1.807, 2.05) is 0 Å². The Hall–Kier alpha value is -6.05. The molecular weight excluding hydrogens is 694 g/mol. The summed E-state index contributed by atoms with van der Waals surface area (Å²) < 4.78 is 71.9. The molecule has 1 aliphatic heterocycles. The molecule has 7 rings (SSSR count). The van der Waals surface area contributed by atoms with Crippen molar-refractivity contribution in [3.05, 3.63) is 124 Å². The fraction of sp³-hybridized carbons (Fsp3) is 0.256. The van der Waals surface area contributed by atoms with E-state index >= 15 is 0 Å². The third-order valence-corrected chi connectivity index (χ3v) is 9.25. The molecule has 3 aromatic carbocycles. The summed E-state index contributed by atoms with van der Waals surface area (Å²) in [6.45, 7) is 0. The molecule has 5 aromatic rings. The van der Waals surface area contributed by atoms with Gasteiger partial charge in [0.1, 0.15) is 34.4 Å². The number of ether oxygens (including phenoxy) is 2. The number of furan rings is 1. The lowest BCUT2D eigenvalue weighted by molar-refractivity contribution is -0.136. The standard InChI is InChI=1S/C39H33F4N5O5/c1-44-35(50)32-29-21-27(23-9-12-31(51-2)28(19-23)34(49)48-38(15-16-38)37-45-17-4-18-46-37)30(13-14-39(41,42)43)47-36(29)53-33(32)22-7-10-25(11-8-22)52-26-6-3-5-24(40)20-26/h3-12,17-21,27,30H,13-16H2,1-2H3,(H,44,50)(H,48,49). The van der Waals surface area contributed by atoms with Crippen LogP contribution >= 0.6 is 0 Å². The zero-order chi connectivity index (χ0) is 37.3. The van der Waals surface area contributed by atoms with Gasteiger partial charge in [-0.1, -0.05) is 18.2 Å². The summed E-state index contributed by atoms with van der Waals surface area (Å²) in [4.78, 5) is 40.5. The van der Waals surface area contributed by atoms with Crippen LogP contribution in [0.25, 0.3) is 17.4 Å². The van der Waals surface area contributed by atoms with E-state index < -0.39 is 47.7 Å². The molecule has 0 spiro atoms. The zero-order valence-corrected chi connectivity index (χ0v) is 28.5. The molecule has 272 valence electrons. The van der Waals surface area contributed by atoms with Crippen molar-refractivity contribution in [1.82, 2.24) is 20.6 Å². The van der Waals surface area contributed by atoms with E-state index in [9.17, 15) is 27.2 Å². The molecular formula is C39H33F4N5O5. The average Bonchev–Trinajstić information content (AvgIpc) is 3.84. The highest BCUT2D eigenvalue weighted by Crippen LogP contribution is 2.44. The second kappa shape index (κ2) is 14.2. The molecule has 1 saturated carbocycles. The van der Waals surface area contributed by atoms with Gasteiger partial charge in [0, 0.05) is 43.4 Å². The van der Waals surface area contributed by atoms with Gasteiger partial charge in [0.05, 0.1) is 29.5 Å². The Balaban J connectivity index is 1.28. The molecule has 2 N–H and O–H groups in total. The molecule has 10 nitrogen and oxygen atoms in total. The maximum Gasteiger partial charge on any atom is 0.389 e. The van der Waals surface area contributed by atoms with Crippen LogP contribution in [0.4, 0.5) is 17.6 Å². The quantitative estimate of drug-likeness (QED) is 0.152. The topological polar surface area (TPSA) is 128 Å². The first-order valence-electron chi connectivity index (χ1n) is 16.8. The molecule has 1 fully saturated rings. The van der Waals surface area contributed by atoms with Crippen molar-refractivity contribution in [3.63, 3.8) is 0 Å². The van der Waals surface area contributed by atoms with Gasteiger partial charge in [-0.3, -0.25) is 9.59 Å². The number of fused-ring (bicyclic) bond motifs is 1. The Kier molecular flexibility index (Phi) is 9.45. The molecule has 1 aliphatic carbocycles. The highest BCUT2D eigenvalue weighted by molar-refractivity contribution is 6.00. The number of rotatable bonds is 11. The van der Waals surface area contributed by atoms with Crippen LogP contribution in [-0.2, 0) is 5.54 Å². The Bertz CT molecular complexity index is 2290. The molecule has 2 amide bonds. The fourth-order valence-corrected chi connectivity index (χ4v) is 6.44. The predicted octanol–water partition coefficient (Wildman–Crippen LogP) is 6.36. The summed E-state index contributed by atoms with van der Waals surface area (Å²) >= 11 is 0. The fourth-order valence-electron chi connectivity index (χ4n) is 6.44. The van der Waals surface area contributed by atoms with Gasteiger partial charge in [0.2, 0.25) is 5.55 Å². The molecule has 2 unspecified atom stereocenters. The second-order valence-electron chi connectivity index (χ2n) is 12.8. The summed E-state index contributed by atoms with van der Waals surface area (Å²) in [6.07, 6.45) is 0.177. The number of hydrogen-bond donors (Lipinski definition) is 2. The number of nitrogens with zero attached hydrogens (tertiary/aromatic N) is 3. The van der Waals surface area contributed by atoms with Gasteiger partial charge in [-0.2, -0.15) is 13.2 Å². The van der Waals surface area contributed by atoms with Gasteiger partial charge >= 0.3 is 6.18 Å². The van der Waals surface area contributed by atoms with Crippen molar-refractivity contribution < 1.29 is 41.0 Å². The monoisotopic (exact) mass is 727 g/mol. The van der Waals surface area contributed by atoms with Crippen LogP contribution in [0.15, 0.2) is 94.6 Å². The van der Waals surface area contributed by atoms with Crippen LogP contribution in [0.1, 0.15) is 63.7 Å². The van der Waals surface area contributed by atoms with Gasteiger partial charge in [0.25, 0.3) is 11.8 Å². The minimum atomic E-state index is -4.46. The Morgan fingerprint density at radius 3 is 2.38 bits per heavy atom.